The first-order valence-corrected chi connectivity index (χ1v) is 5.59. The van der Waals surface area contributed by atoms with E-state index in [1.807, 2.05) is 6.92 Å². The second-order valence-corrected chi connectivity index (χ2v) is 4.19. The van der Waals surface area contributed by atoms with Crippen LogP contribution in [0.25, 0.3) is 0 Å². The molecule has 3 atom stereocenters. The molecule has 4 heteroatoms. The summed E-state index contributed by atoms with van der Waals surface area (Å²) in [6.45, 7) is 5.10. The average Bonchev–Trinajstić information content (AvgIpc) is 2.27. The number of hydrogen-bond acceptors (Lipinski definition) is 3. The Morgan fingerprint density at radius 3 is 2.87 bits per heavy atom. The zero-order valence-corrected chi connectivity index (χ0v) is 9.77. The molecule has 0 saturated carbocycles. The van der Waals surface area contributed by atoms with Gasteiger partial charge in [0.1, 0.15) is 6.10 Å². The maximum atomic E-state index is 11.8. The third kappa shape index (κ3) is 2.92. The number of ether oxygens (including phenoxy) is 1. The Morgan fingerprint density at radius 2 is 2.33 bits per heavy atom. The summed E-state index contributed by atoms with van der Waals surface area (Å²) in [4.78, 5) is 13.6. The van der Waals surface area contributed by atoms with E-state index in [9.17, 15) is 9.90 Å². The van der Waals surface area contributed by atoms with Crippen LogP contribution < -0.4 is 0 Å². The van der Waals surface area contributed by atoms with E-state index >= 15 is 0 Å². The molecule has 1 fully saturated rings. The van der Waals surface area contributed by atoms with Gasteiger partial charge in [0.25, 0.3) is 5.91 Å². The summed E-state index contributed by atoms with van der Waals surface area (Å²) < 4.78 is 5.01. The van der Waals surface area contributed by atoms with Crippen molar-refractivity contribution in [3.63, 3.8) is 0 Å². The van der Waals surface area contributed by atoms with Gasteiger partial charge >= 0.3 is 0 Å². The minimum Gasteiger partial charge on any atom is -0.393 e. The first-order valence-electron chi connectivity index (χ1n) is 5.59. The molecular formula is C11H21NO3. The molecule has 0 aromatic heterocycles. The molecule has 0 aromatic carbocycles. The molecule has 3 unspecified atom stereocenters. The number of methoxy groups -OCH3 is 1. The van der Waals surface area contributed by atoms with Crippen LogP contribution in [0.3, 0.4) is 0 Å². The molecule has 0 aromatic rings. The molecule has 88 valence electrons. The van der Waals surface area contributed by atoms with Crippen LogP contribution in [-0.2, 0) is 9.53 Å². The molecule has 0 bridgehead atoms. The second-order valence-electron chi connectivity index (χ2n) is 4.19. The van der Waals surface area contributed by atoms with Crippen molar-refractivity contribution in [2.24, 2.45) is 5.92 Å². The number of carbonyl (C=O) groups excluding carboxylic acids is 1. The summed E-state index contributed by atoms with van der Waals surface area (Å²) in [5, 5.41) is 9.70. The highest BCUT2D eigenvalue weighted by atomic mass is 16.5. The fourth-order valence-corrected chi connectivity index (χ4v) is 1.98. The first kappa shape index (κ1) is 12.5. The molecule has 1 amide bonds. The smallest absolute Gasteiger partial charge is 0.251 e. The minimum absolute atomic E-state index is 0.0304. The van der Waals surface area contributed by atoms with Crippen LogP contribution in [0, 0.1) is 5.92 Å². The molecule has 0 spiro atoms. The Balaban J connectivity index is 2.54. The monoisotopic (exact) mass is 215 g/mol. The van der Waals surface area contributed by atoms with E-state index in [4.69, 9.17) is 4.74 Å². The van der Waals surface area contributed by atoms with E-state index in [2.05, 4.69) is 0 Å². The van der Waals surface area contributed by atoms with E-state index in [-0.39, 0.29) is 24.0 Å². The number of rotatable bonds is 3. The van der Waals surface area contributed by atoms with Gasteiger partial charge in [-0.3, -0.25) is 4.79 Å². The molecule has 0 aliphatic carbocycles. The van der Waals surface area contributed by atoms with E-state index in [0.717, 1.165) is 6.42 Å². The van der Waals surface area contributed by atoms with Crippen LogP contribution in [0.1, 0.15) is 26.7 Å². The van der Waals surface area contributed by atoms with E-state index in [0.29, 0.717) is 19.5 Å². The van der Waals surface area contributed by atoms with Gasteiger partial charge in [0, 0.05) is 26.1 Å². The molecular weight excluding hydrogens is 194 g/mol. The van der Waals surface area contributed by atoms with E-state index < -0.39 is 0 Å². The lowest BCUT2D eigenvalue weighted by molar-refractivity contribution is -0.144. The lowest BCUT2D eigenvalue weighted by atomic mass is 9.92. The molecule has 15 heavy (non-hydrogen) atoms. The molecule has 1 N–H and O–H groups in total. The van der Waals surface area contributed by atoms with Crippen LogP contribution >= 0.6 is 0 Å². The largest absolute Gasteiger partial charge is 0.393 e. The molecule has 1 rings (SSSR count). The topological polar surface area (TPSA) is 49.8 Å². The number of likely N-dealkylation sites (tertiary alicyclic amines) is 1. The highest BCUT2D eigenvalue weighted by Gasteiger charge is 2.30. The first-order chi connectivity index (χ1) is 7.10. The summed E-state index contributed by atoms with van der Waals surface area (Å²) in [5.41, 5.74) is 0. The number of amides is 1. The molecule has 1 aliphatic heterocycles. The molecule has 1 saturated heterocycles. The van der Waals surface area contributed by atoms with Crippen LogP contribution in [-0.4, -0.2) is 48.3 Å². The Bertz CT molecular complexity index is 220. The van der Waals surface area contributed by atoms with Gasteiger partial charge < -0.3 is 14.7 Å². The third-order valence-corrected chi connectivity index (χ3v) is 3.23. The van der Waals surface area contributed by atoms with Gasteiger partial charge in [0.15, 0.2) is 0 Å². The number of hydrogen-bond donors (Lipinski definition) is 1. The van der Waals surface area contributed by atoms with Crippen molar-refractivity contribution in [2.45, 2.75) is 38.9 Å². The van der Waals surface area contributed by atoms with Crippen LogP contribution in [0.4, 0.5) is 0 Å². The zero-order chi connectivity index (χ0) is 11.4. The number of nitrogens with zero attached hydrogens (tertiary/aromatic N) is 1. The van der Waals surface area contributed by atoms with Crippen molar-refractivity contribution < 1.29 is 14.6 Å². The number of carbonyl (C=O) groups is 1. The quantitative estimate of drug-likeness (QED) is 0.751. The summed E-state index contributed by atoms with van der Waals surface area (Å²) in [6.07, 6.45) is 0.960. The van der Waals surface area contributed by atoms with Crippen molar-refractivity contribution in [1.29, 1.82) is 0 Å². The summed E-state index contributed by atoms with van der Waals surface area (Å²) in [6, 6.07) is 0. The van der Waals surface area contributed by atoms with Gasteiger partial charge in [0.05, 0.1) is 6.10 Å². The van der Waals surface area contributed by atoms with Gasteiger partial charge in [-0.2, -0.15) is 0 Å². The SMILES string of the molecule is CCC1CN(C(=O)C(C)OC)CCC1O. The second kappa shape index (κ2) is 5.47. The van der Waals surface area contributed by atoms with Gasteiger partial charge in [-0.25, -0.2) is 0 Å². The molecule has 4 nitrogen and oxygen atoms in total. The fraction of sp³-hybridized carbons (Fsp3) is 0.909. The predicted molar refractivity (Wildman–Crippen MR) is 57.5 cm³/mol. The van der Waals surface area contributed by atoms with Gasteiger partial charge in [0.2, 0.25) is 0 Å². The zero-order valence-electron chi connectivity index (χ0n) is 9.77. The Morgan fingerprint density at radius 1 is 1.67 bits per heavy atom. The average molecular weight is 215 g/mol. The van der Waals surface area contributed by atoms with E-state index in [1.165, 1.54) is 0 Å². The van der Waals surface area contributed by atoms with Crippen molar-refractivity contribution >= 4 is 5.91 Å². The molecule has 0 radical (unpaired) electrons. The maximum Gasteiger partial charge on any atom is 0.251 e. The Hall–Kier alpha value is -0.610. The Labute approximate surface area is 91.2 Å². The number of aliphatic hydroxyl groups is 1. The van der Waals surface area contributed by atoms with Crippen molar-refractivity contribution in [3.05, 3.63) is 0 Å². The Kier molecular flexibility index (Phi) is 4.54. The van der Waals surface area contributed by atoms with Crippen molar-refractivity contribution in [3.8, 4) is 0 Å². The van der Waals surface area contributed by atoms with E-state index in [1.54, 1.807) is 18.9 Å². The number of piperidine rings is 1. The highest BCUT2D eigenvalue weighted by Crippen LogP contribution is 2.20. The van der Waals surface area contributed by atoms with Crippen LogP contribution in [0.2, 0.25) is 0 Å². The van der Waals surface area contributed by atoms with Gasteiger partial charge in [-0.1, -0.05) is 6.92 Å². The fourth-order valence-electron chi connectivity index (χ4n) is 1.98. The van der Waals surface area contributed by atoms with Crippen molar-refractivity contribution in [1.82, 2.24) is 4.90 Å². The number of aliphatic hydroxyl groups excluding tert-OH is 1. The standard InChI is InChI=1S/C11H21NO3/c1-4-9-7-12(6-5-10(9)13)11(14)8(2)15-3/h8-10,13H,4-7H2,1-3H3. The molecule has 1 heterocycles. The maximum absolute atomic E-state index is 11.8. The normalized spacial score (nSPS) is 28.9. The van der Waals surface area contributed by atoms with Gasteiger partial charge in [-0.15, -0.1) is 0 Å². The van der Waals surface area contributed by atoms with Gasteiger partial charge in [-0.05, 0) is 19.8 Å². The highest BCUT2D eigenvalue weighted by molar-refractivity contribution is 5.80. The summed E-state index contributed by atoms with van der Waals surface area (Å²) >= 11 is 0. The van der Waals surface area contributed by atoms with Crippen LogP contribution in [0.5, 0.6) is 0 Å². The lowest BCUT2D eigenvalue weighted by Gasteiger charge is -2.36. The third-order valence-electron chi connectivity index (χ3n) is 3.23. The predicted octanol–water partition coefficient (Wildman–Crippen LogP) is 0.641. The summed E-state index contributed by atoms with van der Waals surface area (Å²) in [7, 11) is 1.54. The minimum atomic E-state index is -0.377. The molecule has 1 aliphatic rings. The van der Waals surface area contributed by atoms with Crippen LogP contribution in [0.15, 0.2) is 0 Å². The van der Waals surface area contributed by atoms with Crippen molar-refractivity contribution in [2.75, 3.05) is 20.2 Å². The lowest BCUT2D eigenvalue weighted by Crippen LogP contribution is -2.48. The summed E-state index contributed by atoms with van der Waals surface area (Å²) in [5.74, 6) is 0.245.